The molecule has 112 valence electrons. The number of rotatable bonds is 5. The van der Waals surface area contributed by atoms with Crippen LogP contribution in [0.15, 0.2) is 30.5 Å². The van der Waals surface area contributed by atoms with Gasteiger partial charge in [-0.3, -0.25) is 9.58 Å². The molecule has 0 unspecified atom stereocenters. The fourth-order valence-corrected chi connectivity index (χ4v) is 2.44. The van der Waals surface area contributed by atoms with E-state index in [4.69, 9.17) is 4.74 Å². The molecule has 0 radical (unpaired) electrons. The fraction of sp³-hybridized carbons (Fsp3) is 0.467. The Hall–Kier alpha value is -1.79. The Morgan fingerprint density at radius 3 is 2.62 bits per heavy atom. The maximum atomic E-state index is 12.9. The number of hydrogen-bond acceptors (Lipinski definition) is 4. The Bertz CT molecular complexity index is 563. The number of benzene rings is 1. The van der Waals surface area contributed by atoms with Crippen LogP contribution in [0, 0.1) is 5.82 Å². The van der Waals surface area contributed by atoms with E-state index in [2.05, 4.69) is 15.2 Å². The standard InChI is InChI=1S/C15H19FN4O/c16-14-4-2-13(3-5-14)15-12-20(18-17-15)7-1-6-19-8-10-21-11-9-19/h2-5,12H,1,6-11H2. The molecule has 1 aliphatic rings. The highest BCUT2D eigenvalue weighted by Gasteiger charge is 2.10. The Morgan fingerprint density at radius 1 is 1.10 bits per heavy atom. The van der Waals surface area contributed by atoms with Gasteiger partial charge < -0.3 is 4.74 Å². The van der Waals surface area contributed by atoms with E-state index in [9.17, 15) is 4.39 Å². The molecule has 2 aromatic rings. The lowest BCUT2D eigenvalue weighted by Crippen LogP contribution is -2.37. The second-order valence-electron chi connectivity index (χ2n) is 5.18. The van der Waals surface area contributed by atoms with Gasteiger partial charge >= 0.3 is 0 Å². The molecule has 0 aliphatic carbocycles. The van der Waals surface area contributed by atoms with Crippen LogP contribution in [0.4, 0.5) is 4.39 Å². The molecule has 0 amide bonds. The van der Waals surface area contributed by atoms with Crippen molar-refractivity contribution in [1.82, 2.24) is 19.9 Å². The van der Waals surface area contributed by atoms with Crippen LogP contribution in [-0.4, -0.2) is 52.7 Å². The largest absolute Gasteiger partial charge is 0.379 e. The summed E-state index contributed by atoms with van der Waals surface area (Å²) in [6, 6.07) is 6.31. The van der Waals surface area contributed by atoms with Crippen molar-refractivity contribution in [2.24, 2.45) is 0 Å². The number of halogens is 1. The zero-order valence-corrected chi connectivity index (χ0v) is 11.9. The molecule has 0 spiro atoms. The normalized spacial score (nSPS) is 16.2. The van der Waals surface area contributed by atoms with E-state index in [1.807, 2.05) is 10.9 Å². The monoisotopic (exact) mass is 290 g/mol. The average molecular weight is 290 g/mol. The first-order valence-electron chi connectivity index (χ1n) is 7.27. The summed E-state index contributed by atoms with van der Waals surface area (Å²) in [6.45, 7) is 5.58. The highest BCUT2D eigenvalue weighted by atomic mass is 19.1. The number of aromatic nitrogens is 3. The van der Waals surface area contributed by atoms with Gasteiger partial charge in [0, 0.05) is 31.7 Å². The van der Waals surface area contributed by atoms with Gasteiger partial charge in [-0.25, -0.2) is 4.39 Å². The summed E-state index contributed by atoms with van der Waals surface area (Å²) in [5.41, 5.74) is 1.66. The third kappa shape index (κ3) is 3.86. The second-order valence-corrected chi connectivity index (χ2v) is 5.18. The summed E-state index contributed by atoms with van der Waals surface area (Å²) in [6.07, 6.45) is 2.94. The molecule has 6 heteroatoms. The van der Waals surface area contributed by atoms with Crippen LogP contribution >= 0.6 is 0 Å². The Labute approximate surface area is 123 Å². The van der Waals surface area contributed by atoms with Crippen molar-refractivity contribution in [3.63, 3.8) is 0 Å². The highest BCUT2D eigenvalue weighted by Crippen LogP contribution is 2.16. The Morgan fingerprint density at radius 2 is 1.86 bits per heavy atom. The van der Waals surface area contributed by atoms with E-state index in [0.29, 0.717) is 0 Å². The van der Waals surface area contributed by atoms with Crippen molar-refractivity contribution in [3.8, 4) is 11.3 Å². The van der Waals surface area contributed by atoms with Crippen LogP contribution in [0.25, 0.3) is 11.3 Å². The molecule has 1 aromatic carbocycles. The molecular weight excluding hydrogens is 271 g/mol. The summed E-state index contributed by atoms with van der Waals surface area (Å²) in [5, 5.41) is 8.27. The molecule has 0 saturated carbocycles. The van der Waals surface area contributed by atoms with Crippen molar-refractivity contribution in [2.75, 3.05) is 32.8 Å². The quantitative estimate of drug-likeness (QED) is 0.842. The van der Waals surface area contributed by atoms with Crippen molar-refractivity contribution in [1.29, 1.82) is 0 Å². The third-order valence-corrected chi connectivity index (χ3v) is 3.64. The van der Waals surface area contributed by atoms with Crippen molar-refractivity contribution >= 4 is 0 Å². The molecule has 1 aliphatic heterocycles. The molecular formula is C15H19FN4O. The Kier molecular flexibility index (Phi) is 4.57. The minimum Gasteiger partial charge on any atom is -0.379 e. The molecule has 0 atom stereocenters. The Balaban J connectivity index is 1.51. The molecule has 0 N–H and O–H groups in total. The van der Waals surface area contributed by atoms with Crippen LogP contribution in [0.3, 0.4) is 0 Å². The maximum Gasteiger partial charge on any atom is 0.123 e. The molecule has 1 fully saturated rings. The third-order valence-electron chi connectivity index (χ3n) is 3.64. The molecule has 0 bridgehead atoms. The minimum atomic E-state index is -0.239. The number of hydrogen-bond donors (Lipinski definition) is 0. The molecule has 1 aromatic heterocycles. The second kappa shape index (κ2) is 6.78. The van der Waals surface area contributed by atoms with E-state index >= 15 is 0 Å². The lowest BCUT2D eigenvalue weighted by atomic mass is 10.2. The summed E-state index contributed by atoms with van der Waals surface area (Å²) < 4.78 is 20.1. The molecule has 5 nitrogen and oxygen atoms in total. The average Bonchev–Trinajstić information content (AvgIpc) is 2.98. The number of morpholine rings is 1. The number of ether oxygens (including phenoxy) is 1. The van der Waals surface area contributed by atoms with Crippen LogP contribution < -0.4 is 0 Å². The topological polar surface area (TPSA) is 43.2 Å². The van der Waals surface area contributed by atoms with Crippen molar-refractivity contribution in [2.45, 2.75) is 13.0 Å². The smallest absolute Gasteiger partial charge is 0.123 e. The van der Waals surface area contributed by atoms with Gasteiger partial charge in [-0.05, 0) is 30.7 Å². The van der Waals surface area contributed by atoms with Crippen LogP contribution in [0.2, 0.25) is 0 Å². The van der Waals surface area contributed by atoms with Gasteiger partial charge in [-0.2, -0.15) is 0 Å². The summed E-state index contributed by atoms with van der Waals surface area (Å²) in [7, 11) is 0. The first-order chi connectivity index (χ1) is 10.3. The fourth-order valence-electron chi connectivity index (χ4n) is 2.44. The first-order valence-corrected chi connectivity index (χ1v) is 7.27. The van der Waals surface area contributed by atoms with Crippen LogP contribution in [0.5, 0.6) is 0 Å². The predicted molar refractivity (Wildman–Crippen MR) is 77.3 cm³/mol. The van der Waals surface area contributed by atoms with E-state index < -0.39 is 0 Å². The predicted octanol–water partition coefficient (Wildman–Crippen LogP) is 1.81. The van der Waals surface area contributed by atoms with E-state index in [1.165, 1.54) is 12.1 Å². The summed E-state index contributed by atoms with van der Waals surface area (Å²) in [5.74, 6) is -0.239. The molecule has 21 heavy (non-hydrogen) atoms. The molecule has 1 saturated heterocycles. The van der Waals surface area contributed by atoms with E-state index in [1.54, 1.807) is 12.1 Å². The van der Waals surface area contributed by atoms with Gasteiger partial charge in [-0.15, -0.1) is 5.10 Å². The van der Waals surface area contributed by atoms with Crippen LogP contribution in [0.1, 0.15) is 6.42 Å². The lowest BCUT2D eigenvalue weighted by Gasteiger charge is -2.26. The number of nitrogens with zero attached hydrogens (tertiary/aromatic N) is 4. The van der Waals surface area contributed by atoms with Gasteiger partial charge in [0.15, 0.2) is 0 Å². The van der Waals surface area contributed by atoms with Crippen molar-refractivity contribution < 1.29 is 9.13 Å². The van der Waals surface area contributed by atoms with Crippen LogP contribution in [-0.2, 0) is 11.3 Å². The number of aryl methyl sites for hydroxylation is 1. The highest BCUT2D eigenvalue weighted by molar-refractivity contribution is 5.57. The minimum absolute atomic E-state index is 0.239. The molecule has 2 heterocycles. The maximum absolute atomic E-state index is 12.9. The molecule has 3 rings (SSSR count). The van der Waals surface area contributed by atoms with Gasteiger partial charge in [-0.1, -0.05) is 5.21 Å². The summed E-state index contributed by atoms with van der Waals surface area (Å²) >= 11 is 0. The van der Waals surface area contributed by atoms with Crippen molar-refractivity contribution in [3.05, 3.63) is 36.3 Å². The van der Waals surface area contributed by atoms with Gasteiger partial charge in [0.25, 0.3) is 0 Å². The van der Waals surface area contributed by atoms with Gasteiger partial charge in [0.2, 0.25) is 0 Å². The zero-order chi connectivity index (χ0) is 14.5. The summed E-state index contributed by atoms with van der Waals surface area (Å²) in [4.78, 5) is 2.40. The van der Waals surface area contributed by atoms with Gasteiger partial charge in [0.1, 0.15) is 11.5 Å². The zero-order valence-electron chi connectivity index (χ0n) is 11.9. The van der Waals surface area contributed by atoms with Gasteiger partial charge in [0.05, 0.1) is 19.4 Å². The van der Waals surface area contributed by atoms with E-state index in [0.717, 1.165) is 57.1 Å². The first kappa shape index (κ1) is 14.2. The SMILES string of the molecule is Fc1ccc(-c2cn(CCCN3CCOCC3)nn2)cc1. The van der Waals surface area contributed by atoms with E-state index in [-0.39, 0.29) is 5.82 Å². The lowest BCUT2D eigenvalue weighted by molar-refractivity contribution is 0.0368.